The number of para-hydroxylation sites is 2. The number of piperidine rings is 3. The fourth-order valence-corrected chi connectivity index (χ4v) is 17.1. The molecule has 6 aliphatic rings. The van der Waals surface area contributed by atoms with Crippen LogP contribution < -0.4 is 49.1 Å². The molecule has 0 unspecified atom stereocenters. The molecule has 0 bridgehead atoms. The van der Waals surface area contributed by atoms with Crippen molar-refractivity contribution in [2.75, 3.05) is 52.1 Å². The van der Waals surface area contributed by atoms with E-state index in [1.54, 1.807) is 113 Å². The zero-order valence-electron chi connectivity index (χ0n) is 78.7. The summed E-state index contributed by atoms with van der Waals surface area (Å²) in [5, 5.41) is 10.4. The molecule has 5 N–H and O–H groups in total. The predicted octanol–water partition coefficient (Wildman–Crippen LogP) is 19.5. The number of carbonyl (C=O) groups excluding carboxylic acids is 5. The van der Waals surface area contributed by atoms with Crippen LogP contribution in [0.25, 0.3) is 27.3 Å². The van der Waals surface area contributed by atoms with Gasteiger partial charge in [-0.1, -0.05) is 240 Å². The molecule has 3 aliphatic carbocycles. The summed E-state index contributed by atoms with van der Waals surface area (Å²) in [6.45, 7) is 16.3. The van der Waals surface area contributed by atoms with Gasteiger partial charge in [-0.2, -0.15) is 43.3 Å². The number of Topliss-reactive ketones (excluding diaryl/α,β-unsaturated/α-hetero) is 1. The van der Waals surface area contributed by atoms with Gasteiger partial charge in [0.1, 0.15) is 44.1 Å². The number of likely N-dealkylation sites (tertiary alicyclic amines) is 3. The molecule has 0 atom stereocenters. The average Bonchev–Trinajstić information content (AvgIpc) is 0.770. The molecular weight excluding hydrogens is 2080 g/mol. The topological polar surface area (TPSA) is 353 Å². The van der Waals surface area contributed by atoms with Crippen molar-refractivity contribution in [1.29, 1.82) is 0 Å². The number of esters is 1. The number of benzene rings is 9. The number of amides is 3. The molecule has 10 aromatic rings. The third kappa shape index (κ3) is 37.7. The Morgan fingerprint density at radius 1 is 0.533 bits per heavy atom. The van der Waals surface area contributed by atoms with Crippen LogP contribution in [0, 0.1) is 22.3 Å². The first-order chi connectivity index (χ1) is 65.4. The minimum absolute atomic E-state index is 0. The number of rotatable bonds is 19. The summed E-state index contributed by atoms with van der Waals surface area (Å²) in [6, 6.07) is 85.3. The Morgan fingerprint density at radius 2 is 0.869 bits per heavy atom. The van der Waals surface area contributed by atoms with Crippen molar-refractivity contribution < 1.29 is 122 Å². The van der Waals surface area contributed by atoms with E-state index in [4.69, 9.17) is 60.8 Å². The van der Waals surface area contributed by atoms with Gasteiger partial charge in [0.25, 0.3) is 5.15 Å². The Bertz CT molecular complexity index is 5570. The van der Waals surface area contributed by atoms with Crippen molar-refractivity contribution in [1.82, 2.24) is 14.7 Å². The number of halogens is 3. The van der Waals surface area contributed by atoms with Crippen LogP contribution in [0.1, 0.15) is 153 Å². The number of nitrogens with two attached hydrogens (primary N) is 2. The van der Waals surface area contributed by atoms with E-state index in [1.165, 1.54) is 20.4 Å². The molecule has 3 saturated heterocycles. The number of hydrogen-bond acceptors (Lipinski definition) is 18. The second kappa shape index (κ2) is 58.0. The summed E-state index contributed by atoms with van der Waals surface area (Å²) < 4.78 is 74.5. The fourth-order valence-electron chi connectivity index (χ4n) is 15.6. The standard InChI is InChI=1S/C24H25NO3.C23H25NO5S.C23H23NO4.C12H10N3O3P.C9H9O2.C6H7ClN.C5H13N.C3H9N.2HI.Zn/c1-18(26)22-16-24(15-20-9-5-6-10-21(20)22)11-13-25(14-12-24)23(27)28-17-19-7-3-2-4-8-19;1-30(26,27)29-21-16-23(15-19-9-5-6-10-20(19)21)11-13-24(14-12-23)22(25)28-17-18-7-3-2-4-8-18;25-21(26)20-15-23(14-18-8-4-5-9-19(18)20)10-12-24(13-11-23)22(27)28-16-17-6-2-1-3-7-17;13-14-15-19(16,17-11-7-3-1-4-8-11)18-12-9-5-2-6-10-12;1-2-11-9(10)8-6-4-3-5-7-8;1-8-5-3-2-4-6(8)7;1-3-5(6)4-2;1-3(2)4;;;/h2-10,16H,11-15,17H2,1H3;2-10,16H,11-15,17H2,1H3;1-9,15H,10-14,16H2,(H,25,26);1-10H;4-7H,2H2,1H3;2-5H,1H3;5H,3-4,6H2,1-2H3;3H,4H2,1-2H3;2*1H;/q;;;;-1;+1;;;;;+2/p-2. The first-order valence-electron chi connectivity index (χ1n) is 45.0. The second-order valence-corrected chi connectivity index (χ2v) is 36.8. The summed E-state index contributed by atoms with van der Waals surface area (Å²) in [6.07, 6.45) is 17.5. The SMILES string of the molecule is CC(=O)C1=CC2(CCN(C(=O)OCc3ccccc3)CC2)Cc2ccccc21.CC(C)N.CCC(N)CC.CCOC(=O)c1cc[c-]cc1.CS(=O)(=O)OC1=CC2(CCN(C(=O)OCc3ccccc3)CC2)Cc2ccccc21.C[n+]1ccccc1Cl.O=C(O)C1=CC2(CCN(C(=O)OCc3ccccc3)CC2)Cc2ccccc21.[I-].[N-]=[N+]=NP(=O)(Oc1ccccc1)Oc1ccccc1.[Zn+][I]. The number of fused-ring (bicyclic) bond motifs is 3. The summed E-state index contributed by atoms with van der Waals surface area (Å²) in [7, 11) is -5.68. The van der Waals surface area contributed by atoms with Crippen molar-refractivity contribution >= 4 is 102 Å². The van der Waals surface area contributed by atoms with Gasteiger partial charge in [0.2, 0.25) is 0 Å². The Kier molecular flexibility index (Phi) is 47.8. The number of nitrogens with zero attached hydrogens (tertiary/aromatic N) is 7. The first kappa shape index (κ1) is 113. The van der Waals surface area contributed by atoms with Gasteiger partial charge in [-0.05, 0) is 210 Å². The molecule has 4 heterocycles. The van der Waals surface area contributed by atoms with Crippen molar-refractivity contribution in [2.24, 2.45) is 39.6 Å². The zero-order chi connectivity index (χ0) is 98.5. The molecule has 722 valence electrons. The van der Waals surface area contributed by atoms with E-state index in [1.807, 2.05) is 220 Å². The number of ether oxygens (including phenoxy) is 4. The number of allylic oxidation sites excluding steroid dienone is 4. The molecule has 137 heavy (non-hydrogen) atoms. The van der Waals surface area contributed by atoms with Crippen LogP contribution >= 0.6 is 39.1 Å². The number of aryl methyl sites for hydroxylation is 1. The number of aliphatic carboxylic acids is 1. The summed E-state index contributed by atoms with van der Waals surface area (Å²) >= 11 is 9.29. The molecule has 16 rings (SSSR count). The van der Waals surface area contributed by atoms with Crippen molar-refractivity contribution in [3.63, 3.8) is 0 Å². The minimum atomic E-state index is -3.95. The zero-order valence-corrected chi connectivity index (χ0v) is 88.4. The maximum atomic E-state index is 12.5. The molecular formula is C105H121ClI2N9O17PSZn. The van der Waals surface area contributed by atoms with Gasteiger partial charge in [-0.15, -0.1) is 0 Å². The molecule has 9 aromatic carbocycles. The maximum absolute atomic E-state index is 12.5. The van der Waals surface area contributed by atoms with E-state index in [2.05, 4.69) is 61.6 Å². The Balaban J connectivity index is 0.000000226. The first-order valence-corrected chi connectivity index (χ1v) is 57.7. The Morgan fingerprint density at radius 3 is 1.20 bits per heavy atom. The van der Waals surface area contributed by atoms with Gasteiger partial charge in [0.05, 0.1) is 18.4 Å². The monoisotopic (exact) mass is 2200 g/mol. The number of carboxylic acid groups (broad SMARTS) is 1. The van der Waals surface area contributed by atoms with E-state index in [0.717, 1.165) is 132 Å². The van der Waals surface area contributed by atoms with Crippen LogP contribution in [0.4, 0.5) is 14.4 Å². The average molecular weight is 2200 g/mol. The van der Waals surface area contributed by atoms with Gasteiger partial charge < -0.3 is 87.4 Å². The van der Waals surface area contributed by atoms with E-state index in [-0.39, 0.29) is 83.5 Å². The summed E-state index contributed by atoms with van der Waals surface area (Å²) in [5.74, 6) is -0.0725. The number of carbonyl (C=O) groups is 6. The molecule has 1 aromatic heterocycles. The number of aromatic nitrogens is 1. The molecule has 0 radical (unpaired) electrons. The van der Waals surface area contributed by atoms with Gasteiger partial charge in [0.15, 0.2) is 12.0 Å². The Hall–Kier alpha value is -11.0. The van der Waals surface area contributed by atoms with E-state index < -0.39 is 23.8 Å². The van der Waals surface area contributed by atoms with Crippen molar-refractivity contribution in [2.45, 2.75) is 144 Å². The Labute approximate surface area is 848 Å². The molecule has 3 aliphatic heterocycles. The van der Waals surface area contributed by atoms with Gasteiger partial charge >= 0.3 is 82.6 Å². The molecule has 3 fully saturated rings. The third-order valence-corrected chi connectivity index (χ3v) is 24.8. The van der Waals surface area contributed by atoms with Crippen molar-refractivity contribution in [3.8, 4) is 11.5 Å². The molecule has 3 amide bonds. The van der Waals surface area contributed by atoms with E-state index >= 15 is 0 Å². The van der Waals surface area contributed by atoms with Crippen LogP contribution in [0.5, 0.6) is 11.5 Å². The fraction of sp³-hybridized carbons (Fsp3) is 0.324. The van der Waals surface area contributed by atoms with Gasteiger partial charge in [-0.25, -0.2) is 28.5 Å². The number of azide groups is 1. The quantitative estimate of drug-likeness (QED) is 0.00550. The van der Waals surface area contributed by atoms with Crippen molar-refractivity contribution in [3.05, 3.63) is 369 Å². The number of hydrogen-bond donors (Lipinski definition) is 3. The van der Waals surface area contributed by atoms with E-state index in [0.29, 0.717) is 93.0 Å². The van der Waals surface area contributed by atoms with Crippen LogP contribution in [0.15, 0.2) is 296 Å². The van der Waals surface area contributed by atoms with Crippen LogP contribution in [-0.4, -0.2) is 128 Å². The molecule has 3 spiro atoms. The second-order valence-electron chi connectivity index (χ2n) is 33.4. The number of pyridine rings is 1. The third-order valence-electron chi connectivity index (χ3n) is 22.7. The van der Waals surface area contributed by atoms with Crippen LogP contribution in [-0.2, 0) is 108 Å². The molecule has 32 heteroatoms. The predicted molar refractivity (Wildman–Crippen MR) is 535 cm³/mol. The normalized spacial score (nSPS) is 14.5. The summed E-state index contributed by atoms with van der Waals surface area (Å²) in [5.41, 5.74) is 29.3. The van der Waals surface area contributed by atoms with Gasteiger partial charge in [-0.3, -0.25) is 4.79 Å². The van der Waals surface area contributed by atoms with Gasteiger partial charge in [0, 0.05) is 78.4 Å². The molecule has 0 saturated carbocycles. The van der Waals surface area contributed by atoms with Crippen LogP contribution in [0.2, 0.25) is 5.15 Å². The number of ketones is 1. The summed E-state index contributed by atoms with van der Waals surface area (Å²) in [4.78, 5) is 83.2. The van der Waals surface area contributed by atoms with E-state index in [9.17, 15) is 46.9 Å². The molecule has 26 nitrogen and oxygen atoms in total. The van der Waals surface area contributed by atoms with Crippen LogP contribution in [0.3, 0.4) is 0 Å². The number of carboxylic acids is 1.